The fraction of sp³-hybridized carbons (Fsp3) is 0.417. The van der Waals surface area contributed by atoms with Crippen molar-refractivity contribution in [1.82, 2.24) is 10.2 Å². The van der Waals surface area contributed by atoms with Crippen LogP contribution in [-0.2, 0) is 4.79 Å². The van der Waals surface area contributed by atoms with Crippen molar-refractivity contribution < 1.29 is 23.8 Å². The summed E-state index contributed by atoms with van der Waals surface area (Å²) in [4.78, 5) is 28.0. The number of rotatable bonds is 7. The van der Waals surface area contributed by atoms with E-state index in [0.717, 1.165) is 5.56 Å². The van der Waals surface area contributed by atoms with E-state index < -0.39 is 5.92 Å². The quantitative estimate of drug-likeness (QED) is 0.736. The lowest BCUT2D eigenvalue weighted by Crippen LogP contribution is -2.39. The molecule has 2 amide bonds. The Balaban J connectivity index is 1.97. The average Bonchev–Trinajstić information content (AvgIpc) is 3.23. The fourth-order valence-electron chi connectivity index (χ4n) is 4.08. The van der Waals surface area contributed by atoms with Crippen molar-refractivity contribution in [1.29, 1.82) is 0 Å². The van der Waals surface area contributed by atoms with E-state index in [2.05, 4.69) is 5.32 Å². The Kier molecular flexibility index (Phi) is 7.05. The molecule has 2 aromatic carbocycles. The Bertz CT molecular complexity index is 943. The molecule has 0 saturated carbocycles. The maximum Gasteiger partial charge on any atom is 0.254 e. The predicted molar refractivity (Wildman–Crippen MR) is 118 cm³/mol. The van der Waals surface area contributed by atoms with E-state index in [1.54, 1.807) is 50.5 Å². The zero-order valence-corrected chi connectivity index (χ0v) is 18.7. The van der Waals surface area contributed by atoms with Gasteiger partial charge in [0.1, 0.15) is 5.75 Å². The molecule has 7 nitrogen and oxygen atoms in total. The molecule has 1 aliphatic heterocycles. The number of amides is 2. The van der Waals surface area contributed by atoms with Gasteiger partial charge in [0.15, 0.2) is 11.5 Å². The molecule has 3 rings (SSSR count). The first kappa shape index (κ1) is 22.5. The van der Waals surface area contributed by atoms with Crippen molar-refractivity contribution in [3.05, 3.63) is 53.6 Å². The van der Waals surface area contributed by atoms with Crippen LogP contribution in [0, 0.1) is 5.92 Å². The van der Waals surface area contributed by atoms with Crippen LogP contribution in [0.3, 0.4) is 0 Å². The SMILES string of the molecule is COc1cccc(C(=O)N2C[C@H](C(=O)NC(C)C)[C@H](c3cccc(OC)c3OC)C2)c1. The number of carbonyl (C=O) groups is 2. The van der Waals surface area contributed by atoms with Crippen LogP contribution in [0.25, 0.3) is 0 Å². The van der Waals surface area contributed by atoms with E-state index in [1.165, 1.54) is 0 Å². The highest BCUT2D eigenvalue weighted by atomic mass is 16.5. The van der Waals surface area contributed by atoms with Crippen LogP contribution in [0.4, 0.5) is 0 Å². The molecular formula is C24H30N2O5. The first-order valence-corrected chi connectivity index (χ1v) is 10.3. The maximum atomic E-state index is 13.2. The van der Waals surface area contributed by atoms with Crippen molar-refractivity contribution in [2.45, 2.75) is 25.8 Å². The van der Waals surface area contributed by atoms with Crippen LogP contribution >= 0.6 is 0 Å². The summed E-state index contributed by atoms with van der Waals surface area (Å²) in [6.07, 6.45) is 0. The van der Waals surface area contributed by atoms with Gasteiger partial charge in [-0.2, -0.15) is 0 Å². The number of benzene rings is 2. The molecule has 0 bridgehead atoms. The Morgan fingerprint density at radius 1 is 1.00 bits per heavy atom. The van der Waals surface area contributed by atoms with Gasteiger partial charge in [0.2, 0.25) is 5.91 Å². The molecule has 31 heavy (non-hydrogen) atoms. The van der Waals surface area contributed by atoms with Gasteiger partial charge in [0, 0.05) is 36.2 Å². The van der Waals surface area contributed by atoms with Gasteiger partial charge >= 0.3 is 0 Å². The van der Waals surface area contributed by atoms with E-state index in [-0.39, 0.29) is 23.8 Å². The highest BCUT2D eigenvalue weighted by molar-refractivity contribution is 5.95. The second kappa shape index (κ2) is 9.73. The molecule has 1 aliphatic rings. The number of ether oxygens (including phenoxy) is 3. The highest BCUT2D eigenvalue weighted by Crippen LogP contribution is 2.42. The monoisotopic (exact) mass is 426 g/mol. The summed E-state index contributed by atoms with van der Waals surface area (Å²) in [6, 6.07) is 12.7. The summed E-state index contributed by atoms with van der Waals surface area (Å²) >= 11 is 0. The summed E-state index contributed by atoms with van der Waals surface area (Å²) in [6.45, 7) is 4.57. The topological polar surface area (TPSA) is 77.1 Å². The number of nitrogens with zero attached hydrogens (tertiary/aromatic N) is 1. The standard InChI is InChI=1S/C24H30N2O5/c1-15(2)25-23(27)20-14-26(24(28)16-8-6-9-17(12-16)29-3)13-19(20)18-10-7-11-21(30-4)22(18)31-5/h6-12,15,19-20H,13-14H2,1-5H3,(H,25,27)/t19-,20-/m0/s1. The van der Waals surface area contributed by atoms with Gasteiger partial charge in [-0.15, -0.1) is 0 Å². The first-order valence-electron chi connectivity index (χ1n) is 10.3. The summed E-state index contributed by atoms with van der Waals surface area (Å²) < 4.78 is 16.3. The number of methoxy groups -OCH3 is 3. The van der Waals surface area contributed by atoms with Crippen LogP contribution in [0.1, 0.15) is 35.7 Å². The molecule has 0 spiro atoms. The average molecular weight is 427 g/mol. The molecule has 0 radical (unpaired) electrons. The summed E-state index contributed by atoms with van der Waals surface area (Å²) in [5.41, 5.74) is 1.38. The Hall–Kier alpha value is -3.22. The molecule has 166 valence electrons. The van der Waals surface area contributed by atoms with Crippen molar-refractivity contribution in [3.8, 4) is 17.2 Å². The van der Waals surface area contributed by atoms with E-state index in [4.69, 9.17) is 14.2 Å². The third-order valence-corrected chi connectivity index (χ3v) is 5.52. The lowest BCUT2D eigenvalue weighted by molar-refractivity contribution is -0.125. The zero-order chi connectivity index (χ0) is 22.5. The van der Waals surface area contributed by atoms with E-state index in [0.29, 0.717) is 35.9 Å². The summed E-state index contributed by atoms with van der Waals surface area (Å²) in [5, 5.41) is 3.00. The van der Waals surface area contributed by atoms with Gasteiger partial charge in [0.05, 0.1) is 27.2 Å². The molecular weight excluding hydrogens is 396 g/mol. The van der Waals surface area contributed by atoms with Gasteiger partial charge in [0.25, 0.3) is 5.91 Å². The Morgan fingerprint density at radius 3 is 2.39 bits per heavy atom. The number of para-hydroxylation sites is 1. The predicted octanol–water partition coefficient (Wildman–Crippen LogP) is 3.09. The number of hydrogen-bond acceptors (Lipinski definition) is 5. The van der Waals surface area contributed by atoms with Crippen LogP contribution in [-0.4, -0.2) is 57.2 Å². The molecule has 0 unspecified atom stereocenters. The second-order valence-electron chi connectivity index (χ2n) is 7.90. The molecule has 7 heteroatoms. The normalized spacial score (nSPS) is 18.1. The van der Waals surface area contributed by atoms with Crippen molar-refractivity contribution in [2.75, 3.05) is 34.4 Å². The molecule has 1 saturated heterocycles. The molecule has 1 fully saturated rings. The van der Waals surface area contributed by atoms with Gasteiger partial charge in [-0.3, -0.25) is 9.59 Å². The highest BCUT2D eigenvalue weighted by Gasteiger charge is 2.42. The third kappa shape index (κ3) is 4.76. The lowest BCUT2D eigenvalue weighted by Gasteiger charge is -2.22. The van der Waals surface area contributed by atoms with E-state index in [9.17, 15) is 9.59 Å². The lowest BCUT2D eigenvalue weighted by atomic mass is 9.87. The maximum absolute atomic E-state index is 13.2. The number of carbonyl (C=O) groups excluding carboxylic acids is 2. The number of hydrogen-bond donors (Lipinski definition) is 1. The van der Waals surface area contributed by atoms with E-state index >= 15 is 0 Å². The molecule has 1 heterocycles. The van der Waals surface area contributed by atoms with Crippen molar-refractivity contribution >= 4 is 11.8 Å². The summed E-state index contributed by atoms with van der Waals surface area (Å²) in [7, 11) is 4.73. The minimum Gasteiger partial charge on any atom is -0.497 e. The molecule has 0 aromatic heterocycles. The van der Waals surface area contributed by atoms with E-state index in [1.807, 2.05) is 32.0 Å². The van der Waals surface area contributed by atoms with Crippen LogP contribution in [0.5, 0.6) is 17.2 Å². The number of likely N-dealkylation sites (tertiary alicyclic amines) is 1. The Labute approximate surface area is 183 Å². The molecule has 0 aliphatic carbocycles. The molecule has 1 N–H and O–H groups in total. The minimum atomic E-state index is -0.405. The Morgan fingerprint density at radius 2 is 1.74 bits per heavy atom. The molecule has 2 aromatic rings. The smallest absolute Gasteiger partial charge is 0.254 e. The van der Waals surface area contributed by atoms with Gasteiger partial charge in [-0.05, 0) is 38.1 Å². The first-order chi connectivity index (χ1) is 14.9. The van der Waals surface area contributed by atoms with Crippen molar-refractivity contribution in [2.24, 2.45) is 5.92 Å². The third-order valence-electron chi connectivity index (χ3n) is 5.52. The van der Waals surface area contributed by atoms with Gasteiger partial charge < -0.3 is 24.4 Å². The van der Waals surface area contributed by atoms with Crippen LogP contribution < -0.4 is 19.5 Å². The van der Waals surface area contributed by atoms with Crippen LogP contribution in [0.2, 0.25) is 0 Å². The van der Waals surface area contributed by atoms with Gasteiger partial charge in [-0.25, -0.2) is 0 Å². The molecule has 2 atom stereocenters. The zero-order valence-electron chi connectivity index (χ0n) is 18.7. The summed E-state index contributed by atoms with van der Waals surface area (Å²) in [5.74, 6) is 0.964. The second-order valence-corrected chi connectivity index (χ2v) is 7.90. The minimum absolute atomic E-state index is 0.00323. The number of nitrogens with one attached hydrogen (secondary N) is 1. The largest absolute Gasteiger partial charge is 0.497 e. The van der Waals surface area contributed by atoms with Crippen LogP contribution in [0.15, 0.2) is 42.5 Å². The van der Waals surface area contributed by atoms with Gasteiger partial charge in [-0.1, -0.05) is 18.2 Å². The van der Waals surface area contributed by atoms with Crippen molar-refractivity contribution in [3.63, 3.8) is 0 Å². The fourth-order valence-corrected chi connectivity index (χ4v) is 4.08.